The van der Waals surface area contributed by atoms with Gasteiger partial charge in [0.2, 0.25) is 11.8 Å². The van der Waals surface area contributed by atoms with Crippen LogP contribution in [0, 0.1) is 0 Å². The molecule has 102 valence electrons. The van der Waals surface area contributed by atoms with Gasteiger partial charge in [-0.15, -0.1) is 0 Å². The molecule has 0 saturated carbocycles. The summed E-state index contributed by atoms with van der Waals surface area (Å²) in [5.74, 6) is 0.301. The number of nitrogens with one attached hydrogen (secondary N) is 2. The molecular weight excluding hydrogens is 216 g/mol. The fraction of sp³-hybridized carbons (Fsp3) is 0.846. The normalized spacial score (nSPS) is 8.94. The second-order valence-electron chi connectivity index (χ2n) is 3.91. The van der Waals surface area contributed by atoms with Gasteiger partial charge >= 0.3 is 0 Å². The highest BCUT2D eigenvalue weighted by molar-refractivity contribution is 5.75. The van der Waals surface area contributed by atoms with Gasteiger partial charge in [-0.1, -0.05) is 33.1 Å². The molecule has 0 heterocycles. The second kappa shape index (κ2) is 14.9. The average molecular weight is 244 g/mol. The van der Waals surface area contributed by atoms with Crippen molar-refractivity contribution in [3.8, 4) is 0 Å². The Morgan fingerprint density at radius 3 is 1.53 bits per heavy atom. The fourth-order valence-electron chi connectivity index (χ4n) is 1.12. The lowest BCUT2D eigenvalue weighted by Gasteiger charge is -1.96. The molecule has 0 unspecified atom stereocenters. The van der Waals surface area contributed by atoms with Crippen molar-refractivity contribution in [1.29, 1.82) is 0 Å². The molecule has 0 saturated heterocycles. The number of rotatable bonds is 7. The molecule has 4 nitrogen and oxygen atoms in total. The maximum Gasteiger partial charge on any atom is 0.219 e. The largest absolute Gasteiger partial charge is 0.359 e. The Hall–Kier alpha value is -1.06. The molecule has 0 fully saturated rings. The highest BCUT2D eigenvalue weighted by atomic mass is 16.2. The Balaban J connectivity index is 0. The van der Waals surface area contributed by atoms with Crippen molar-refractivity contribution in [2.45, 2.75) is 58.8 Å². The molecule has 17 heavy (non-hydrogen) atoms. The van der Waals surface area contributed by atoms with Gasteiger partial charge in [0.25, 0.3) is 0 Å². The quantitative estimate of drug-likeness (QED) is 0.675. The molecule has 4 heteroatoms. The first-order valence-electron chi connectivity index (χ1n) is 6.53. The first-order valence-corrected chi connectivity index (χ1v) is 6.53. The van der Waals surface area contributed by atoms with Crippen molar-refractivity contribution in [2.75, 3.05) is 14.1 Å². The number of unbranched alkanes of at least 4 members (excludes halogenated alkanes) is 3. The van der Waals surface area contributed by atoms with E-state index >= 15 is 0 Å². The van der Waals surface area contributed by atoms with E-state index in [1.54, 1.807) is 14.1 Å². The Morgan fingerprint density at radius 1 is 0.765 bits per heavy atom. The van der Waals surface area contributed by atoms with E-state index in [0.717, 1.165) is 25.7 Å². The maximum atomic E-state index is 10.6. The van der Waals surface area contributed by atoms with Crippen molar-refractivity contribution in [3.63, 3.8) is 0 Å². The lowest BCUT2D eigenvalue weighted by molar-refractivity contribution is -0.121. The van der Waals surface area contributed by atoms with Gasteiger partial charge in [-0.05, 0) is 12.8 Å². The van der Waals surface area contributed by atoms with Crippen LogP contribution in [0.5, 0.6) is 0 Å². The molecule has 0 aromatic heterocycles. The van der Waals surface area contributed by atoms with Gasteiger partial charge in [0.05, 0.1) is 0 Å². The minimum absolute atomic E-state index is 0.145. The summed E-state index contributed by atoms with van der Waals surface area (Å²) < 4.78 is 0. The minimum atomic E-state index is 0.145. The second-order valence-corrected chi connectivity index (χ2v) is 3.91. The van der Waals surface area contributed by atoms with Crippen LogP contribution >= 0.6 is 0 Å². The Kier molecular flexibility index (Phi) is 16.1. The molecule has 0 aromatic rings. The van der Waals surface area contributed by atoms with Gasteiger partial charge in [0.15, 0.2) is 0 Å². The van der Waals surface area contributed by atoms with Crippen LogP contribution in [0.25, 0.3) is 0 Å². The topological polar surface area (TPSA) is 58.2 Å². The van der Waals surface area contributed by atoms with Crippen molar-refractivity contribution in [1.82, 2.24) is 10.6 Å². The molecule has 0 aliphatic heterocycles. The van der Waals surface area contributed by atoms with Crippen LogP contribution in [0.3, 0.4) is 0 Å². The summed E-state index contributed by atoms with van der Waals surface area (Å²) in [7, 11) is 3.34. The number of hydrogen-bond donors (Lipinski definition) is 2. The van der Waals surface area contributed by atoms with Crippen molar-refractivity contribution < 1.29 is 9.59 Å². The fourth-order valence-corrected chi connectivity index (χ4v) is 1.12. The third-order valence-corrected chi connectivity index (χ3v) is 2.32. The van der Waals surface area contributed by atoms with E-state index in [1.807, 2.05) is 0 Å². The first-order chi connectivity index (χ1) is 8.12. The van der Waals surface area contributed by atoms with E-state index in [1.165, 1.54) is 6.42 Å². The lowest BCUT2D eigenvalue weighted by atomic mass is 10.2. The standard InChI is InChI=1S/C7H15NO.C6H13NO/c1-3-4-5-6-7(9)8-2;1-3-4-5-6(8)7-2/h3-6H2,1-2H3,(H,8,9);3-5H2,1-2H3,(H,7,8). The molecule has 0 atom stereocenters. The molecule has 2 amide bonds. The SMILES string of the molecule is CCCCC(=O)NC.CCCCCC(=O)NC. The van der Waals surface area contributed by atoms with Crippen LogP contribution in [-0.4, -0.2) is 25.9 Å². The van der Waals surface area contributed by atoms with Gasteiger partial charge in [-0.3, -0.25) is 9.59 Å². The molecule has 0 aliphatic rings. The Bertz CT molecular complexity index is 194. The van der Waals surface area contributed by atoms with Gasteiger partial charge in [-0.25, -0.2) is 0 Å². The first kappa shape index (κ1) is 18.3. The number of hydrogen-bond acceptors (Lipinski definition) is 2. The van der Waals surface area contributed by atoms with E-state index in [9.17, 15) is 9.59 Å². The van der Waals surface area contributed by atoms with Gasteiger partial charge in [0.1, 0.15) is 0 Å². The third kappa shape index (κ3) is 17.5. The number of carbonyl (C=O) groups is 2. The monoisotopic (exact) mass is 244 g/mol. The summed E-state index contributed by atoms with van der Waals surface area (Å²) >= 11 is 0. The van der Waals surface area contributed by atoms with Crippen LogP contribution in [-0.2, 0) is 9.59 Å². The maximum absolute atomic E-state index is 10.6. The number of carbonyl (C=O) groups excluding carboxylic acids is 2. The van der Waals surface area contributed by atoms with Crippen molar-refractivity contribution in [3.05, 3.63) is 0 Å². The van der Waals surface area contributed by atoms with E-state index in [-0.39, 0.29) is 11.8 Å². The molecule has 0 rings (SSSR count). The molecule has 0 aromatic carbocycles. The molecule has 0 radical (unpaired) electrons. The summed E-state index contributed by atoms with van der Waals surface area (Å²) in [4.78, 5) is 21.0. The van der Waals surface area contributed by atoms with E-state index < -0.39 is 0 Å². The zero-order valence-electron chi connectivity index (χ0n) is 11.8. The van der Waals surface area contributed by atoms with Gasteiger partial charge < -0.3 is 10.6 Å². The highest BCUT2D eigenvalue weighted by Gasteiger charge is 1.94. The highest BCUT2D eigenvalue weighted by Crippen LogP contribution is 1.97. The summed E-state index contributed by atoms with van der Waals surface area (Å²) in [6.07, 6.45) is 6.81. The van der Waals surface area contributed by atoms with Crippen molar-refractivity contribution >= 4 is 11.8 Å². The van der Waals surface area contributed by atoms with E-state index in [0.29, 0.717) is 12.8 Å². The Labute approximate surface area is 106 Å². The average Bonchev–Trinajstić information content (AvgIpc) is 2.36. The van der Waals surface area contributed by atoms with Crippen LogP contribution < -0.4 is 10.6 Å². The minimum Gasteiger partial charge on any atom is -0.359 e. The zero-order valence-corrected chi connectivity index (χ0v) is 11.8. The molecule has 2 N–H and O–H groups in total. The Morgan fingerprint density at radius 2 is 1.18 bits per heavy atom. The molecule has 0 aliphatic carbocycles. The zero-order chi connectivity index (χ0) is 13.5. The smallest absolute Gasteiger partial charge is 0.219 e. The van der Waals surface area contributed by atoms with E-state index in [4.69, 9.17) is 0 Å². The van der Waals surface area contributed by atoms with Crippen LogP contribution in [0.15, 0.2) is 0 Å². The molecular formula is C13H28N2O2. The van der Waals surface area contributed by atoms with Gasteiger partial charge in [-0.2, -0.15) is 0 Å². The summed E-state index contributed by atoms with van der Waals surface area (Å²) in [6.45, 7) is 4.20. The predicted molar refractivity (Wildman–Crippen MR) is 71.8 cm³/mol. The summed E-state index contributed by atoms with van der Waals surface area (Å²) in [6, 6.07) is 0. The summed E-state index contributed by atoms with van der Waals surface area (Å²) in [5.41, 5.74) is 0. The van der Waals surface area contributed by atoms with Crippen LogP contribution in [0.4, 0.5) is 0 Å². The predicted octanol–water partition coefficient (Wildman–Crippen LogP) is 2.24. The third-order valence-electron chi connectivity index (χ3n) is 2.32. The van der Waals surface area contributed by atoms with Crippen molar-refractivity contribution in [2.24, 2.45) is 0 Å². The van der Waals surface area contributed by atoms with E-state index in [2.05, 4.69) is 24.5 Å². The number of amides is 2. The van der Waals surface area contributed by atoms with Crippen LogP contribution in [0.1, 0.15) is 58.8 Å². The van der Waals surface area contributed by atoms with Crippen LogP contribution in [0.2, 0.25) is 0 Å². The summed E-state index contributed by atoms with van der Waals surface area (Å²) in [5, 5.41) is 5.15. The van der Waals surface area contributed by atoms with Gasteiger partial charge in [0, 0.05) is 26.9 Å². The molecule has 0 spiro atoms. The lowest BCUT2D eigenvalue weighted by Crippen LogP contribution is -2.16. The molecule has 0 bridgehead atoms.